The van der Waals surface area contributed by atoms with Crippen molar-refractivity contribution in [3.63, 3.8) is 0 Å². The van der Waals surface area contributed by atoms with Crippen LogP contribution < -0.4 is 10.2 Å². The molecule has 3 rings (SSSR count). The highest BCUT2D eigenvalue weighted by molar-refractivity contribution is 8.24. The number of carbonyl (C=O) groups is 1. The van der Waals surface area contributed by atoms with E-state index < -0.39 is 16.9 Å². The molecule has 1 heterocycles. The molecule has 0 aliphatic carbocycles. The van der Waals surface area contributed by atoms with Crippen molar-refractivity contribution in [2.45, 2.75) is 24.8 Å². The number of rotatable bonds is 5. The molecule has 0 saturated carbocycles. The quantitative estimate of drug-likeness (QED) is 0.270. The number of anilines is 2. The minimum absolute atomic E-state index is 0.467. The molecule has 2 amide bonds. The molecule has 31 heavy (non-hydrogen) atoms. The smallest absolute Gasteiger partial charge is 0.347 e. The fourth-order valence-corrected chi connectivity index (χ4v) is 4.95. The number of urea groups is 1. The summed E-state index contributed by atoms with van der Waals surface area (Å²) in [7, 11) is 3.95. The lowest BCUT2D eigenvalue weighted by Crippen LogP contribution is -2.54. The number of carbonyl (C=O) groups excluding carboxylic acids is 1. The van der Waals surface area contributed by atoms with E-state index in [9.17, 15) is 10.0 Å². The number of hydrogen-bond acceptors (Lipinski definition) is 6. The van der Waals surface area contributed by atoms with Gasteiger partial charge in [0.15, 0.2) is 10.5 Å². The summed E-state index contributed by atoms with van der Waals surface area (Å²) < 4.78 is -0.121. The predicted octanol–water partition coefficient (Wildman–Crippen LogP) is 5.10. The van der Waals surface area contributed by atoms with Crippen LogP contribution in [0, 0.1) is 0 Å². The first kappa shape index (κ1) is 23.3. The number of halogens is 1. The van der Waals surface area contributed by atoms with Crippen molar-refractivity contribution in [2.24, 2.45) is 5.10 Å². The monoisotopic (exact) mass is 477 g/mol. The van der Waals surface area contributed by atoms with Gasteiger partial charge >= 0.3 is 6.03 Å². The van der Waals surface area contributed by atoms with Gasteiger partial charge in [0.25, 0.3) is 0 Å². The third-order valence-electron chi connectivity index (χ3n) is 4.67. The third-order valence-corrected chi connectivity index (χ3v) is 6.45. The van der Waals surface area contributed by atoms with Crippen LogP contribution in [0.4, 0.5) is 16.2 Å². The average molecular weight is 478 g/mol. The van der Waals surface area contributed by atoms with E-state index in [0.29, 0.717) is 20.1 Å². The van der Waals surface area contributed by atoms with E-state index in [-0.39, 0.29) is 0 Å². The van der Waals surface area contributed by atoms with Gasteiger partial charge in [0, 0.05) is 30.5 Å². The topological polar surface area (TPSA) is 71.4 Å². The fraction of sp³-hybridized carbons (Fsp3) is 0.286. The Morgan fingerprint density at radius 2 is 1.84 bits per heavy atom. The molecule has 0 radical (unpaired) electrons. The maximum atomic E-state index is 12.7. The normalized spacial score (nSPS) is 17.8. The zero-order valence-corrected chi connectivity index (χ0v) is 20.0. The number of hydrogen-bond donors (Lipinski definition) is 2. The zero-order valence-electron chi connectivity index (χ0n) is 17.6. The summed E-state index contributed by atoms with van der Waals surface area (Å²) in [6.07, 6.45) is 0.862. The second-order valence-corrected chi connectivity index (χ2v) is 10.4. The Hall–Kier alpha value is -2.33. The van der Waals surface area contributed by atoms with Crippen molar-refractivity contribution < 1.29 is 10.0 Å². The van der Waals surface area contributed by atoms with E-state index in [4.69, 9.17) is 23.8 Å². The largest absolute Gasteiger partial charge is 0.378 e. The van der Waals surface area contributed by atoms with Crippen molar-refractivity contribution in [3.05, 3.63) is 59.1 Å². The maximum absolute atomic E-state index is 12.7. The Kier molecular flexibility index (Phi) is 7.10. The Bertz CT molecular complexity index is 980. The van der Waals surface area contributed by atoms with Gasteiger partial charge in [-0.1, -0.05) is 47.7 Å². The van der Waals surface area contributed by atoms with Crippen LogP contribution in [-0.2, 0) is 0 Å². The SMILES string of the molecule is CN(C)c1ccc(C=NN2C(=S)SC(C)(C)[C@H]2N(O)C(=O)Nc2ccc(Cl)cc2)cc1. The molecule has 10 heteroatoms. The van der Waals surface area contributed by atoms with Gasteiger partial charge in [-0.3, -0.25) is 5.21 Å². The lowest BCUT2D eigenvalue weighted by Gasteiger charge is -2.34. The molecule has 2 aromatic rings. The molecular weight excluding hydrogens is 454 g/mol. The minimum atomic E-state index is -0.797. The van der Waals surface area contributed by atoms with Crippen LogP contribution in [0.25, 0.3) is 0 Å². The predicted molar refractivity (Wildman–Crippen MR) is 132 cm³/mol. The van der Waals surface area contributed by atoms with E-state index in [1.807, 2.05) is 57.1 Å². The molecule has 1 atom stereocenters. The van der Waals surface area contributed by atoms with Crippen molar-refractivity contribution in [1.82, 2.24) is 10.1 Å². The number of amides is 2. The average Bonchev–Trinajstić information content (AvgIpc) is 2.95. The minimum Gasteiger partial charge on any atom is -0.378 e. The summed E-state index contributed by atoms with van der Waals surface area (Å²) in [6.45, 7) is 3.80. The van der Waals surface area contributed by atoms with Gasteiger partial charge in [-0.25, -0.2) is 9.80 Å². The first-order valence-corrected chi connectivity index (χ1v) is 11.1. The lowest BCUT2D eigenvalue weighted by molar-refractivity contribution is -0.114. The molecule has 0 bridgehead atoms. The zero-order chi connectivity index (χ0) is 22.8. The van der Waals surface area contributed by atoms with Gasteiger partial charge < -0.3 is 10.2 Å². The first-order chi connectivity index (χ1) is 14.6. The molecule has 1 aliphatic heterocycles. The summed E-state index contributed by atoms with van der Waals surface area (Å²) >= 11 is 12.7. The number of thiocarbonyl (C=S) groups is 1. The summed E-state index contributed by atoms with van der Waals surface area (Å²) in [6, 6.07) is 13.8. The highest BCUT2D eigenvalue weighted by Gasteiger charge is 2.50. The van der Waals surface area contributed by atoms with Crippen molar-refractivity contribution in [1.29, 1.82) is 0 Å². The molecule has 1 fully saturated rings. The van der Waals surface area contributed by atoms with Crippen molar-refractivity contribution in [3.8, 4) is 0 Å². The van der Waals surface area contributed by atoms with Crippen molar-refractivity contribution in [2.75, 3.05) is 24.3 Å². The van der Waals surface area contributed by atoms with Gasteiger partial charge in [-0.15, -0.1) is 0 Å². The number of benzene rings is 2. The van der Waals surface area contributed by atoms with Crippen LogP contribution in [0.5, 0.6) is 0 Å². The molecule has 1 aliphatic rings. The maximum Gasteiger partial charge on any atom is 0.347 e. The number of thioether (sulfide) groups is 1. The number of hydrazone groups is 1. The van der Waals surface area contributed by atoms with Gasteiger partial charge in [0.05, 0.1) is 11.0 Å². The van der Waals surface area contributed by atoms with E-state index in [1.165, 1.54) is 16.8 Å². The Balaban J connectivity index is 1.79. The van der Waals surface area contributed by atoms with Crippen LogP contribution in [0.1, 0.15) is 19.4 Å². The first-order valence-electron chi connectivity index (χ1n) is 9.47. The molecule has 1 saturated heterocycles. The van der Waals surface area contributed by atoms with E-state index in [1.54, 1.807) is 30.5 Å². The van der Waals surface area contributed by atoms with E-state index in [0.717, 1.165) is 11.3 Å². The summed E-state index contributed by atoms with van der Waals surface area (Å²) in [4.78, 5) is 14.7. The Morgan fingerprint density at radius 3 is 2.42 bits per heavy atom. The third kappa shape index (κ3) is 5.48. The molecule has 0 unspecified atom stereocenters. The fourth-order valence-electron chi connectivity index (χ4n) is 3.04. The molecule has 164 valence electrons. The second-order valence-electron chi connectivity index (χ2n) is 7.70. The second kappa shape index (κ2) is 9.44. The van der Waals surface area contributed by atoms with Crippen LogP contribution in [0.3, 0.4) is 0 Å². The Labute approximate surface area is 196 Å². The lowest BCUT2D eigenvalue weighted by atomic mass is 10.1. The van der Waals surface area contributed by atoms with Crippen LogP contribution in [0.15, 0.2) is 53.6 Å². The highest BCUT2D eigenvalue weighted by Crippen LogP contribution is 2.42. The van der Waals surface area contributed by atoms with Crippen molar-refractivity contribution >= 4 is 63.5 Å². The van der Waals surface area contributed by atoms with Crippen LogP contribution in [0.2, 0.25) is 5.02 Å². The number of nitrogens with zero attached hydrogens (tertiary/aromatic N) is 4. The van der Waals surface area contributed by atoms with Crippen LogP contribution >= 0.6 is 35.6 Å². The number of hydroxylamine groups is 2. The summed E-state index contributed by atoms with van der Waals surface area (Å²) in [5.41, 5.74) is 2.45. The van der Waals surface area contributed by atoms with E-state index in [2.05, 4.69) is 10.4 Å². The van der Waals surface area contributed by atoms with Gasteiger partial charge in [0.2, 0.25) is 0 Å². The summed E-state index contributed by atoms with van der Waals surface area (Å²) in [5.74, 6) is 0. The molecule has 2 aromatic carbocycles. The summed E-state index contributed by atoms with van der Waals surface area (Å²) in [5, 5.41) is 20.6. The van der Waals surface area contributed by atoms with Gasteiger partial charge in [-0.05, 0) is 55.8 Å². The van der Waals surface area contributed by atoms with Crippen LogP contribution in [-0.4, -0.2) is 56.9 Å². The molecule has 0 aromatic heterocycles. The number of nitrogens with one attached hydrogen (secondary N) is 1. The Morgan fingerprint density at radius 1 is 1.23 bits per heavy atom. The molecule has 2 N–H and O–H groups in total. The molecule has 7 nitrogen and oxygen atoms in total. The van der Waals surface area contributed by atoms with Gasteiger partial charge in [-0.2, -0.15) is 10.2 Å². The molecular formula is C21H24ClN5O2S2. The van der Waals surface area contributed by atoms with E-state index >= 15 is 0 Å². The van der Waals surface area contributed by atoms with Gasteiger partial charge in [0.1, 0.15) is 0 Å². The highest BCUT2D eigenvalue weighted by atomic mass is 35.5. The standard InChI is InChI=1S/C21H24ClN5O2S2/c1-21(2)18(27(29)19(28)24-16-9-7-15(22)8-10-16)26(20(30)31-21)23-13-14-5-11-17(12-6-14)25(3)4/h5-13,18,29H,1-4H3,(H,24,28)/t18-/m1/s1. The molecule has 0 spiro atoms.